The monoisotopic (exact) mass is 268 g/mol. The molecule has 0 saturated heterocycles. The SMILES string of the molecule is CNCCC1C(C)Nc2c(C)cccc2S1(=O)=O. The van der Waals surface area contributed by atoms with Gasteiger partial charge in [0, 0.05) is 6.04 Å². The van der Waals surface area contributed by atoms with Crippen molar-refractivity contribution in [1.29, 1.82) is 0 Å². The molecule has 0 aromatic heterocycles. The third-order valence-corrected chi connectivity index (χ3v) is 5.94. The van der Waals surface area contributed by atoms with Gasteiger partial charge >= 0.3 is 0 Å². The minimum atomic E-state index is -3.23. The van der Waals surface area contributed by atoms with Crippen molar-refractivity contribution in [3.05, 3.63) is 23.8 Å². The second-order valence-electron chi connectivity index (χ2n) is 4.86. The lowest BCUT2D eigenvalue weighted by atomic mass is 10.1. The maximum absolute atomic E-state index is 12.6. The Morgan fingerprint density at radius 1 is 1.39 bits per heavy atom. The third-order valence-electron chi connectivity index (χ3n) is 3.55. The van der Waals surface area contributed by atoms with E-state index in [0.717, 1.165) is 11.3 Å². The van der Waals surface area contributed by atoms with Crippen LogP contribution in [0.5, 0.6) is 0 Å². The predicted molar refractivity (Wildman–Crippen MR) is 73.8 cm³/mol. The van der Waals surface area contributed by atoms with Gasteiger partial charge in [-0.25, -0.2) is 8.42 Å². The molecule has 4 nitrogen and oxygen atoms in total. The smallest absolute Gasteiger partial charge is 0.185 e. The first-order chi connectivity index (χ1) is 8.48. The van der Waals surface area contributed by atoms with Crippen molar-refractivity contribution in [2.24, 2.45) is 0 Å². The van der Waals surface area contributed by atoms with E-state index in [0.29, 0.717) is 17.9 Å². The highest BCUT2D eigenvalue weighted by Crippen LogP contribution is 2.35. The summed E-state index contributed by atoms with van der Waals surface area (Å²) < 4.78 is 25.2. The molecule has 1 aromatic rings. The van der Waals surface area contributed by atoms with E-state index in [-0.39, 0.29) is 11.3 Å². The van der Waals surface area contributed by atoms with E-state index in [1.807, 2.05) is 27.0 Å². The molecule has 1 aliphatic heterocycles. The van der Waals surface area contributed by atoms with E-state index in [4.69, 9.17) is 0 Å². The molecule has 0 spiro atoms. The number of hydrogen-bond donors (Lipinski definition) is 2. The molecule has 0 radical (unpaired) electrons. The third kappa shape index (κ3) is 2.12. The number of nitrogens with one attached hydrogen (secondary N) is 2. The molecule has 0 saturated carbocycles. The summed E-state index contributed by atoms with van der Waals surface area (Å²) in [4.78, 5) is 0.446. The lowest BCUT2D eigenvalue weighted by Crippen LogP contribution is -2.43. The van der Waals surface area contributed by atoms with Crippen molar-refractivity contribution in [3.8, 4) is 0 Å². The number of benzene rings is 1. The summed E-state index contributed by atoms with van der Waals surface area (Å²) in [5.74, 6) is 0. The zero-order chi connectivity index (χ0) is 13.3. The Bertz CT molecular complexity index is 540. The number of rotatable bonds is 3. The summed E-state index contributed by atoms with van der Waals surface area (Å²) in [7, 11) is -1.39. The predicted octanol–water partition coefficient (Wildman–Crippen LogP) is 1.56. The van der Waals surface area contributed by atoms with Gasteiger partial charge in [-0.2, -0.15) is 0 Å². The van der Waals surface area contributed by atoms with E-state index < -0.39 is 9.84 Å². The zero-order valence-electron chi connectivity index (χ0n) is 11.0. The Balaban J connectivity index is 2.47. The summed E-state index contributed by atoms with van der Waals surface area (Å²) in [6.07, 6.45) is 0.625. The van der Waals surface area contributed by atoms with E-state index in [2.05, 4.69) is 10.6 Å². The molecule has 2 rings (SSSR count). The van der Waals surface area contributed by atoms with Gasteiger partial charge in [-0.3, -0.25) is 0 Å². The quantitative estimate of drug-likeness (QED) is 0.873. The van der Waals surface area contributed by atoms with Crippen LogP contribution < -0.4 is 10.6 Å². The number of anilines is 1. The van der Waals surface area contributed by atoms with E-state index in [1.165, 1.54) is 0 Å². The molecular weight excluding hydrogens is 248 g/mol. The van der Waals surface area contributed by atoms with E-state index >= 15 is 0 Å². The Hall–Kier alpha value is -1.07. The standard InChI is InChI=1S/C13H20N2O2S/c1-9-5-4-6-12-13(9)15-10(2)11(7-8-14-3)18(12,16)17/h4-6,10-11,14-15H,7-8H2,1-3H3. The zero-order valence-corrected chi connectivity index (χ0v) is 11.8. The molecule has 100 valence electrons. The van der Waals surface area contributed by atoms with Gasteiger partial charge in [-0.1, -0.05) is 12.1 Å². The van der Waals surface area contributed by atoms with Crippen LogP contribution in [0.1, 0.15) is 18.9 Å². The van der Waals surface area contributed by atoms with Gasteiger partial charge in [0.25, 0.3) is 0 Å². The molecule has 0 bridgehead atoms. The summed E-state index contributed by atoms with van der Waals surface area (Å²) in [5.41, 5.74) is 1.75. The van der Waals surface area contributed by atoms with Crippen molar-refractivity contribution in [3.63, 3.8) is 0 Å². The fraction of sp³-hybridized carbons (Fsp3) is 0.538. The molecule has 0 fully saturated rings. The lowest BCUT2D eigenvalue weighted by molar-refractivity contribution is 0.540. The number of sulfone groups is 1. The van der Waals surface area contributed by atoms with Gasteiger partial charge < -0.3 is 10.6 Å². The maximum Gasteiger partial charge on any atom is 0.185 e. The van der Waals surface area contributed by atoms with Crippen molar-refractivity contribution in [1.82, 2.24) is 5.32 Å². The molecular formula is C13H20N2O2S. The number of fused-ring (bicyclic) bond motifs is 1. The minimum absolute atomic E-state index is 0.0584. The van der Waals surface area contributed by atoms with Crippen molar-refractivity contribution in [2.75, 3.05) is 18.9 Å². The molecule has 1 aliphatic rings. The highest BCUT2D eigenvalue weighted by molar-refractivity contribution is 7.92. The molecule has 1 aromatic carbocycles. The van der Waals surface area contributed by atoms with Gasteiger partial charge in [-0.15, -0.1) is 0 Å². The molecule has 0 aliphatic carbocycles. The highest BCUT2D eigenvalue weighted by Gasteiger charge is 2.38. The Morgan fingerprint density at radius 2 is 2.11 bits per heavy atom. The second-order valence-corrected chi connectivity index (χ2v) is 6.99. The first-order valence-corrected chi connectivity index (χ1v) is 7.77. The molecule has 2 unspecified atom stereocenters. The van der Waals surface area contributed by atoms with Crippen LogP contribution in [0.25, 0.3) is 0 Å². The molecule has 1 heterocycles. The highest BCUT2D eigenvalue weighted by atomic mass is 32.2. The summed E-state index contributed by atoms with van der Waals surface area (Å²) in [5, 5.41) is 5.99. The van der Waals surface area contributed by atoms with Crippen LogP contribution in [-0.2, 0) is 9.84 Å². The summed E-state index contributed by atoms with van der Waals surface area (Å²) in [6, 6.07) is 5.38. The fourth-order valence-corrected chi connectivity index (χ4v) is 4.64. The van der Waals surface area contributed by atoms with Gasteiger partial charge in [0.1, 0.15) is 0 Å². The maximum atomic E-state index is 12.6. The summed E-state index contributed by atoms with van der Waals surface area (Å²) in [6.45, 7) is 4.58. The number of para-hydroxylation sites is 1. The van der Waals surface area contributed by atoms with Gasteiger partial charge in [0.15, 0.2) is 9.84 Å². The number of hydrogen-bond acceptors (Lipinski definition) is 4. The average Bonchev–Trinajstić information content (AvgIpc) is 2.30. The first-order valence-electron chi connectivity index (χ1n) is 6.23. The normalized spacial score (nSPS) is 25.3. The van der Waals surface area contributed by atoms with E-state index in [9.17, 15) is 8.42 Å². The first kappa shape index (κ1) is 13.4. The van der Waals surface area contributed by atoms with Gasteiger partial charge in [0.05, 0.1) is 15.8 Å². The van der Waals surface area contributed by atoms with Crippen LogP contribution in [0.2, 0.25) is 0 Å². The van der Waals surface area contributed by atoms with Crippen LogP contribution in [-0.4, -0.2) is 33.3 Å². The largest absolute Gasteiger partial charge is 0.380 e. The van der Waals surface area contributed by atoms with Crippen LogP contribution >= 0.6 is 0 Å². The van der Waals surface area contributed by atoms with Gasteiger partial charge in [-0.05, 0) is 45.5 Å². The van der Waals surface area contributed by atoms with Crippen LogP contribution in [0.4, 0.5) is 5.69 Å². The van der Waals surface area contributed by atoms with Crippen molar-refractivity contribution < 1.29 is 8.42 Å². The van der Waals surface area contributed by atoms with Gasteiger partial charge in [0.2, 0.25) is 0 Å². The minimum Gasteiger partial charge on any atom is -0.380 e. The molecule has 5 heteroatoms. The van der Waals surface area contributed by atoms with Crippen molar-refractivity contribution >= 4 is 15.5 Å². The van der Waals surface area contributed by atoms with Crippen LogP contribution in [0, 0.1) is 6.92 Å². The Kier molecular flexibility index (Phi) is 3.64. The molecule has 18 heavy (non-hydrogen) atoms. The Morgan fingerprint density at radius 3 is 2.78 bits per heavy atom. The van der Waals surface area contributed by atoms with E-state index in [1.54, 1.807) is 12.1 Å². The topological polar surface area (TPSA) is 58.2 Å². The van der Waals surface area contributed by atoms with Crippen LogP contribution in [0.15, 0.2) is 23.1 Å². The molecule has 2 atom stereocenters. The fourth-order valence-electron chi connectivity index (χ4n) is 2.51. The molecule has 0 amide bonds. The lowest BCUT2D eigenvalue weighted by Gasteiger charge is -2.33. The van der Waals surface area contributed by atoms with Crippen LogP contribution in [0.3, 0.4) is 0 Å². The molecule has 2 N–H and O–H groups in total. The number of aryl methyl sites for hydroxylation is 1. The Labute approximate surface area is 109 Å². The summed E-state index contributed by atoms with van der Waals surface area (Å²) >= 11 is 0. The van der Waals surface area contributed by atoms with Crippen molar-refractivity contribution in [2.45, 2.75) is 36.5 Å². The average molecular weight is 268 g/mol. The second kappa shape index (κ2) is 4.90.